The normalized spacial score (nSPS) is 17.4. The van der Waals surface area contributed by atoms with Gasteiger partial charge in [-0.05, 0) is 44.0 Å². The van der Waals surface area contributed by atoms with Gasteiger partial charge < -0.3 is 19.7 Å². The number of likely N-dealkylation sites (N-methyl/N-ethyl adjacent to an activating group) is 1. The smallest absolute Gasteiger partial charge is 0.422 e. The summed E-state index contributed by atoms with van der Waals surface area (Å²) in [5.41, 5.74) is 0.818. The molecule has 5 nitrogen and oxygen atoms in total. The van der Waals surface area contributed by atoms with Gasteiger partial charge in [-0.3, -0.25) is 4.79 Å². The Bertz CT molecular complexity index is 608. The van der Waals surface area contributed by atoms with Crippen molar-refractivity contribution < 1.29 is 27.4 Å². The van der Waals surface area contributed by atoms with Gasteiger partial charge in [-0.25, -0.2) is 0 Å². The van der Waals surface area contributed by atoms with Gasteiger partial charge in [0.1, 0.15) is 0 Å². The highest BCUT2D eigenvalue weighted by atomic mass is 19.4. The molecule has 0 bridgehead atoms. The topological polar surface area (TPSA) is 50.8 Å². The van der Waals surface area contributed by atoms with E-state index in [2.05, 4.69) is 5.32 Å². The molecule has 0 aliphatic carbocycles. The summed E-state index contributed by atoms with van der Waals surface area (Å²) in [6.45, 7) is 0.187. The molecule has 2 rings (SSSR count). The van der Waals surface area contributed by atoms with Crippen LogP contribution in [0.2, 0.25) is 0 Å². The lowest BCUT2D eigenvalue weighted by atomic mass is 10.1. The van der Waals surface area contributed by atoms with Crippen LogP contribution in [-0.2, 0) is 11.2 Å². The van der Waals surface area contributed by atoms with Gasteiger partial charge in [0, 0.05) is 25.6 Å². The second-order valence-corrected chi connectivity index (χ2v) is 6.33. The van der Waals surface area contributed by atoms with E-state index in [0.717, 1.165) is 31.5 Å². The Balaban J connectivity index is 1.94. The number of aryl methyl sites for hydroxylation is 1. The molecule has 1 saturated heterocycles. The average molecular weight is 374 g/mol. The maximum Gasteiger partial charge on any atom is 0.422 e. The number of carbonyl (C=O) groups excluding carboxylic acids is 1. The number of ether oxygens (including phenoxy) is 2. The van der Waals surface area contributed by atoms with E-state index in [1.54, 1.807) is 12.1 Å². The monoisotopic (exact) mass is 374 g/mol. The summed E-state index contributed by atoms with van der Waals surface area (Å²) in [6.07, 6.45) is -1.54. The van der Waals surface area contributed by atoms with Crippen LogP contribution < -0.4 is 14.8 Å². The highest BCUT2D eigenvalue weighted by Crippen LogP contribution is 2.30. The van der Waals surface area contributed by atoms with Crippen LogP contribution in [0.15, 0.2) is 18.2 Å². The van der Waals surface area contributed by atoms with Crippen LogP contribution >= 0.6 is 0 Å². The predicted molar refractivity (Wildman–Crippen MR) is 91.5 cm³/mol. The number of nitrogens with zero attached hydrogens (tertiary/aromatic N) is 1. The van der Waals surface area contributed by atoms with Gasteiger partial charge in [0.2, 0.25) is 5.91 Å². The molecule has 0 radical (unpaired) electrons. The number of hydrogen-bond acceptors (Lipinski definition) is 4. The summed E-state index contributed by atoms with van der Waals surface area (Å²) in [6, 6.07) is 4.97. The van der Waals surface area contributed by atoms with Crippen molar-refractivity contribution in [1.82, 2.24) is 10.2 Å². The van der Waals surface area contributed by atoms with Crippen LogP contribution in [0, 0.1) is 0 Å². The molecular weight excluding hydrogens is 349 g/mol. The summed E-state index contributed by atoms with van der Waals surface area (Å²) in [5, 5.41) is 3.11. The molecule has 1 heterocycles. The maximum atomic E-state index is 12.5. The molecule has 1 aromatic carbocycles. The Morgan fingerprint density at radius 2 is 2.12 bits per heavy atom. The number of rotatable bonds is 8. The zero-order valence-corrected chi connectivity index (χ0v) is 15.1. The Hall–Kier alpha value is -1.96. The second-order valence-electron chi connectivity index (χ2n) is 6.33. The van der Waals surface area contributed by atoms with Crippen molar-refractivity contribution in [2.24, 2.45) is 0 Å². The van der Waals surface area contributed by atoms with Crippen molar-refractivity contribution in [3.05, 3.63) is 23.8 Å². The minimum atomic E-state index is -4.41. The molecule has 1 amide bonds. The standard InChI is InChI=1S/C18H25F3N2O3/c1-22-11-14-4-3-9-23(14)17(24)8-6-13-5-7-15(16(10-13)25-2)26-12-18(19,20)21/h5,7,10,14,22H,3-4,6,8-9,11-12H2,1-2H3. The molecule has 1 aliphatic heterocycles. The molecule has 0 aromatic heterocycles. The Morgan fingerprint density at radius 1 is 1.35 bits per heavy atom. The van der Waals surface area contributed by atoms with E-state index in [1.807, 2.05) is 11.9 Å². The molecule has 0 spiro atoms. The number of carbonyl (C=O) groups is 1. The van der Waals surface area contributed by atoms with Crippen LogP contribution in [0.4, 0.5) is 13.2 Å². The van der Waals surface area contributed by atoms with E-state index in [4.69, 9.17) is 9.47 Å². The fourth-order valence-corrected chi connectivity index (χ4v) is 3.15. The first-order valence-electron chi connectivity index (χ1n) is 8.64. The summed E-state index contributed by atoms with van der Waals surface area (Å²) >= 11 is 0. The fourth-order valence-electron chi connectivity index (χ4n) is 3.15. The van der Waals surface area contributed by atoms with Crippen molar-refractivity contribution in [2.45, 2.75) is 37.9 Å². The van der Waals surface area contributed by atoms with Crippen LogP contribution in [-0.4, -0.2) is 56.9 Å². The minimum Gasteiger partial charge on any atom is -0.493 e. The zero-order chi connectivity index (χ0) is 19.2. The minimum absolute atomic E-state index is 0.0357. The lowest BCUT2D eigenvalue weighted by Gasteiger charge is -2.24. The lowest BCUT2D eigenvalue weighted by molar-refractivity contribution is -0.153. The number of methoxy groups -OCH3 is 1. The van der Waals surface area contributed by atoms with Crippen LogP contribution in [0.3, 0.4) is 0 Å². The van der Waals surface area contributed by atoms with Gasteiger partial charge in [0.25, 0.3) is 0 Å². The molecule has 1 atom stereocenters. The number of likely N-dealkylation sites (tertiary alicyclic amines) is 1. The second kappa shape index (κ2) is 9.12. The molecule has 1 aromatic rings. The van der Waals surface area contributed by atoms with E-state index < -0.39 is 12.8 Å². The summed E-state index contributed by atoms with van der Waals surface area (Å²) in [5.74, 6) is 0.362. The van der Waals surface area contributed by atoms with Crippen LogP contribution in [0.5, 0.6) is 11.5 Å². The van der Waals surface area contributed by atoms with Gasteiger partial charge in [-0.2, -0.15) is 13.2 Å². The molecule has 0 saturated carbocycles. The SMILES string of the molecule is CNCC1CCCN1C(=O)CCc1ccc(OCC(F)(F)F)c(OC)c1. The molecule has 146 valence electrons. The number of nitrogens with one attached hydrogen (secondary N) is 1. The van der Waals surface area contributed by atoms with Crippen LogP contribution in [0.25, 0.3) is 0 Å². The molecule has 1 unspecified atom stereocenters. The fraction of sp³-hybridized carbons (Fsp3) is 0.611. The molecule has 1 fully saturated rings. The van der Waals surface area contributed by atoms with Crippen molar-refractivity contribution in [1.29, 1.82) is 0 Å². The van der Waals surface area contributed by atoms with Gasteiger partial charge in [0.05, 0.1) is 7.11 Å². The lowest BCUT2D eigenvalue weighted by Crippen LogP contribution is -2.40. The highest BCUT2D eigenvalue weighted by Gasteiger charge is 2.29. The van der Waals surface area contributed by atoms with Gasteiger partial charge in [-0.15, -0.1) is 0 Å². The number of hydrogen-bond donors (Lipinski definition) is 1. The van der Waals surface area contributed by atoms with Crippen molar-refractivity contribution in [3.8, 4) is 11.5 Å². The van der Waals surface area contributed by atoms with E-state index in [1.165, 1.54) is 13.2 Å². The van der Waals surface area contributed by atoms with Gasteiger partial charge >= 0.3 is 6.18 Å². The van der Waals surface area contributed by atoms with E-state index >= 15 is 0 Å². The summed E-state index contributed by atoms with van der Waals surface area (Å²) < 4.78 is 46.7. The van der Waals surface area contributed by atoms with Gasteiger partial charge in [0.15, 0.2) is 18.1 Å². The molecule has 8 heteroatoms. The molecule has 26 heavy (non-hydrogen) atoms. The predicted octanol–water partition coefficient (Wildman–Crippen LogP) is 2.78. The summed E-state index contributed by atoms with van der Waals surface area (Å²) in [7, 11) is 3.24. The maximum absolute atomic E-state index is 12.5. The largest absolute Gasteiger partial charge is 0.493 e. The first kappa shape index (κ1) is 20.4. The van der Waals surface area contributed by atoms with E-state index in [9.17, 15) is 18.0 Å². The quantitative estimate of drug-likeness (QED) is 0.760. The zero-order valence-electron chi connectivity index (χ0n) is 15.1. The molecule has 1 N–H and O–H groups in total. The van der Waals surface area contributed by atoms with Crippen molar-refractivity contribution in [3.63, 3.8) is 0 Å². The van der Waals surface area contributed by atoms with E-state index in [0.29, 0.717) is 12.8 Å². The third kappa shape index (κ3) is 5.79. The first-order chi connectivity index (χ1) is 12.3. The average Bonchev–Trinajstić information content (AvgIpc) is 3.06. The third-order valence-electron chi connectivity index (χ3n) is 4.38. The Morgan fingerprint density at radius 3 is 2.77 bits per heavy atom. The molecule has 1 aliphatic rings. The van der Waals surface area contributed by atoms with Crippen molar-refractivity contribution in [2.75, 3.05) is 33.9 Å². The number of halogens is 3. The third-order valence-corrected chi connectivity index (χ3v) is 4.38. The van der Waals surface area contributed by atoms with E-state index in [-0.39, 0.29) is 23.4 Å². The number of amides is 1. The summed E-state index contributed by atoms with van der Waals surface area (Å²) in [4.78, 5) is 14.4. The van der Waals surface area contributed by atoms with Crippen LogP contribution in [0.1, 0.15) is 24.8 Å². The first-order valence-corrected chi connectivity index (χ1v) is 8.64. The number of alkyl halides is 3. The highest BCUT2D eigenvalue weighted by molar-refractivity contribution is 5.77. The van der Waals surface area contributed by atoms with Gasteiger partial charge in [-0.1, -0.05) is 6.07 Å². The Kier molecular flexibility index (Phi) is 7.14. The Labute approximate surface area is 151 Å². The molecular formula is C18H25F3N2O3. The number of benzene rings is 1. The van der Waals surface area contributed by atoms with Crippen molar-refractivity contribution >= 4 is 5.91 Å².